The number of rotatable bonds is 3. The maximum atomic E-state index is 9.80. The van der Waals surface area contributed by atoms with E-state index in [2.05, 4.69) is 0 Å². The number of methoxy groups -OCH3 is 1. The molecular formula is C13H19NO2. The van der Waals surface area contributed by atoms with E-state index < -0.39 is 0 Å². The molecule has 0 bridgehead atoms. The highest BCUT2D eigenvalue weighted by Gasteiger charge is 2.34. The van der Waals surface area contributed by atoms with Crippen LogP contribution in [-0.4, -0.2) is 18.8 Å². The molecule has 0 atom stereocenters. The first-order valence-corrected chi connectivity index (χ1v) is 5.79. The molecule has 1 aromatic rings. The molecule has 3 N–H and O–H groups in total. The third-order valence-electron chi connectivity index (χ3n) is 3.74. The molecule has 1 aromatic carbocycles. The Bertz CT molecular complexity index is 370. The van der Waals surface area contributed by atoms with E-state index in [4.69, 9.17) is 10.5 Å². The summed E-state index contributed by atoms with van der Waals surface area (Å²) in [6.45, 7) is 0.652. The second-order valence-electron chi connectivity index (χ2n) is 4.58. The minimum absolute atomic E-state index is 0.0732. The van der Waals surface area contributed by atoms with Crippen molar-refractivity contribution in [1.82, 2.24) is 0 Å². The van der Waals surface area contributed by atoms with Gasteiger partial charge in [-0.05, 0) is 30.5 Å². The zero-order valence-corrected chi connectivity index (χ0v) is 9.70. The molecule has 0 aliphatic heterocycles. The molecule has 0 unspecified atom stereocenters. The largest absolute Gasteiger partial charge is 0.504 e. The number of phenolic OH excluding ortho intramolecular Hbond substituents is 1. The first kappa shape index (κ1) is 11.3. The van der Waals surface area contributed by atoms with Crippen LogP contribution in [-0.2, 0) is 5.41 Å². The highest BCUT2D eigenvalue weighted by Crippen LogP contribution is 2.42. The van der Waals surface area contributed by atoms with Crippen molar-refractivity contribution in [1.29, 1.82) is 0 Å². The number of benzene rings is 1. The Morgan fingerprint density at radius 2 is 2.06 bits per heavy atom. The molecule has 1 aliphatic carbocycles. The lowest BCUT2D eigenvalue weighted by Gasteiger charge is -2.28. The third-order valence-corrected chi connectivity index (χ3v) is 3.74. The lowest BCUT2D eigenvalue weighted by atomic mass is 9.79. The summed E-state index contributed by atoms with van der Waals surface area (Å²) in [5.41, 5.74) is 7.13. The van der Waals surface area contributed by atoms with Gasteiger partial charge in [0.1, 0.15) is 0 Å². The molecule has 0 heterocycles. The van der Waals surface area contributed by atoms with Crippen molar-refractivity contribution in [3.8, 4) is 11.5 Å². The van der Waals surface area contributed by atoms with Gasteiger partial charge in [0, 0.05) is 12.0 Å². The van der Waals surface area contributed by atoms with Crippen LogP contribution in [0.3, 0.4) is 0 Å². The van der Waals surface area contributed by atoms with Gasteiger partial charge in [-0.2, -0.15) is 0 Å². The monoisotopic (exact) mass is 221 g/mol. The van der Waals surface area contributed by atoms with E-state index in [1.165, 1.54) is 12.8 Å². The molecule has 1 saturated carbocycles. The van der Waals surface area contributed by atoms with Gasteiger partial charge >= 0.3 is 0 Å². The zero-order chi connectivity index (χ0) is 11.6. The summed E-state index contributed by atoms with van der Waals surface area (Å²) < 4.78 is 5.05. The fourth-order valence-corrected chi connectivity index (χ4v) is 2.68. The normalized spacial score (nSPS) is 18.6. The van der Waals surface area contributed by atoms with Crippen LogP contribution in [0.25, 0.3) is 0 Å². The molecule has 0 aromatic heterocycles. The van der Waals surface area contributed by atoms with Crippen molar-refractivity contribution in [2.24, 2.45) is 5.73 Å². The van der Waals surface area contributed by atoms with Gasteiger partial charge in [0.05, 0.1) is 7.11 Å². The quantitative estimate of drug-likeness (QED) is 0.822. The van der Waals surface area contributed by atoms with Crippen molar-refractivity contribution in [2.75, 3.05) is 13.7 Å². The average molecular weight is 221 g/mol. The molecule has 0 saturated heterocycles. The molecule has 3 heteroatoms. The Hall–Kier alpha value is -1.22. The van der Waals surface area contributed by atoms with Gasteiger partial charge in [-0.25, -0.2) is 0 Å². The van der Waals surface area contributed by atoms with Gasteiger partial charge in [0.2, 0.25) is 0 Å². The fourth-order valence-electron chi connectivity index (χ4n) is 2.68. The molecule has 1 fully saturated rings. The topological polar surface area (TPSA) is 55.5 Å². The molecule has 88 valence electrons. The van der Waals surface area contributed by atoms with Gasteiger partial charge in [-0.3, -0.25) is 0 Å². The second kappa shape index (κ2) is 4.34. The third kappa shape index (κ3) is 1.76. The Kier molecular flexibility index (Phi) is 3.06. The summed E-state index contributed by atoms with van der Waals surface area (Å²) in [4.78, 5) is 0. The van der Waals surface area contributed by atoms with E-state index in [9.17, 15) is 5.11 Å². The standard InChI is InChI=1S/C13H19NO2/c1-16-12-5-4-10(8-11(12)15)13(9-14)6-2-3-7-13/h4-5,8,15H,2-3,6-7,9,14H2,1H3. The smallest absolute Gasteiger partial charge is 0.160 e. The minimum atomic E-state index is 0.0732. The molecule has 0 radical (unpaired) electrons. The summed E-state index contributed by atoms with van der Waals surface area (Å²) >= 11 is 0. The highest BCUT2D eigenvalue weighted by atomic mass is 16.5. The SMILES string of the molecule is COc1ccc(C2(CN)CCCC2)cc1O. The summed E-state index contributed by atoms with van der Waals surface area (Å²) in [7, 11) is 1.56. The molecule has 0 spiro atoms. The van der Waals surface area contributed by atoms with Crippen molar-refractivity contribution >= 4 is 0 Å². The molecule has 3 nitrogen and oxygen atoms in total. The van der Waals surface area contributed by atoms with Crippen LogP contribution < -0.4 is 10.5 Å². The first-order chi connectivity index (χ1) is 7.72. The summed E-state index contributed by atoms with van der Waals surface area (Å²) in [6.07, 6.45) is 4.69. The van der Waals surface area contributed by atoms with E-state index in [0.29, 0.717) is 12.3 Å². The lowest BCUT2D eigenvalue weighted by Crippen LogP contribution is -2.31. The van der Waals surface area contributed by atoms with Gasteiger partial charge in [0.15, 0.2) is 11.5 Å². The second-order valence-corrected chi connectivity index (χ2v) is 4.58. The number of aromatic hydroxyl groups is 1. The number of ether oxygens (including phenoxy) is 1. The van der Waals surface area contributed by atoms with Crippen molar-refractivity contribution in [2.45, 2.75) is 31.1 Å². The van der Waals surface area contributed by atoms with Crippen LogP contribution in [0.2, 0.25) is 0 Å². The summed E-state index contributed by atoms with van der Waals surface area (Å²) in [5.74, 6) is 0.730. The van der Waals surface area contributed by atoms with Crippen molar-refractivity contribution in [3.63, 3.8) is 0 Å². The zero-order valence-electron chi connectivity index (χ0n) is 9.70. The Morgan fingerprint density at radius 3 is 2.56 bits per heavy atom. The molecule has 0 amide bonds. The first-order valence-electron chi connectivity index (χ1n) is 5.79. The highest BCUT2D eigenvalue weighted by molar-refractivity contribution is 5.44. The van der Waals surface area contributed by atoms with Crippen LogP contribution >= 0.6 is 0 Å². The van der Waals surface area contributed by atoms with Gasteiger partial charge in [0.25, 0.3) is 0 Å². The Morgan fingerprint density at radius 1 is 1.38 bits per heavy atom. The maximum Gasteiger partial charge on any atom is 0.160 e. The minimum Gasteiger partial charge on any atom is -0.504 e. The average Bonchev–Trinajstić information content (AvgIpc) is 2.78. The van der Waals surface area contributed by atoms with E-state index in [1.54, 1.807) is 13.2 Å². The van der Waals surface area contributed by atoms with Gasteiger partial charge in [-0.15, -0.1) is 0 Å². The van der Waals surface area contributed by atoms with Crippen LogP contribution in [0.5, 0.6) is 11.5 Å². The number of hydrogen-bond acceptors (Lipinski definition) is 3. The van der Waals surface area contributed by atoms with Crippen molar-refractivity contribution in [3.05, 3.63) is 23.8 Å². The molecular weight excluding hydrogens is 202 g/mol. The predicted molar refractivity (Wildman–Crippen MR) is 63.9 cm³/mol. The summed E-state index contributed by atoms with van der Waals surface area (Å²) in [5, 5.41) is 9.80. The lowest BCUT2D eigenvalue weighted by molar-refractivity contribution is 0.370. The number of nitrogens with two attached hydrogens (primary N) is 1. The van der Waals surface area contributed by atoms with Crippen LogP contribution in [0.15, 0.2) is 18.2 Å². The number of phenols is 1. The van der Waals surface area contributed by atoms with E-state index in [0.717, 1.165) is 18.4 Å². The Balaban J connectivity index is 2.36. The van der Waals surface area contributed by atoms with E-state index in [-0.39, 0.29) is 11.2 Å². The van der Waals surface area contributed by atoms with Crippen molar-refractivity contribution < 1.29 is 9.84 Å². The molecule has 16 heavy (non-hydrogen) atoms. The fraction of sp³-hybridized carbons (Fsp3) is 0.538. The van der Waals surface area contributed by atoms with E-state index >= 15 is 0 Å². The van der Waals surface area contributed by atoms with Crippen LogP contribution in [0.1, 0.15) is 31.2 Å². The van der Waals surface area contributed by atoms with E-state index in [1.807, 2.05) is 12.1 Å². The summed E-state index contributed by atoms with van der Waals surface area (Å²) in [6, 6.07) is 5.65. The predicted octanol–water partition coefficient (Wildman–Crippen LogP) is 2.17. The molecule has 2 rings (SSSR count). The van der Waals surface area contributed by atoms with Gasteiger partial charge in [-0.1, -0.05) is 18.9 Å². The molecule has 1 aliphatic rings. The van der Waals surface area contributed by atoms with Crippen LogP contribution in [0, 0.1) is 0 Å². The maximum absolute atomic E-state index is 9.80. The Labute approximate surface area is 96.2 Å². The van der Waals surface area contributed by atoms with Gasteiger partial charge < -0.3 is 15.6 Å². The van der Waals surface area contributed by atoms with Crippen LogP contribution in [0.4, 0.5) is 0 Å². The number of hydrogen-bond donors (Lipinski definition) is 2.